The van der Waals surface area contributed by atoms with Gasteiger partial charge in [-0.05, 0) is 41.8 Å². The number of rotatable bonds is 4. The number of nitrogens with one attached hydrogen (secondary N) is 2. The van der Waals surface area contributed by atoms with Crippen molar-refractivity contribution in [2.75, 3.05) is 19.0 Å². The number of benzene rings is 2. The van der Waals surface area contributed by atoms with Crippen LogP contribution in [0.4, 0.5) is 14.9 Å². The van der Waals surface area contributed by atoms with E-state index >= 15 is 0 Å². The fraction of sp³-hybridized carbons (Fsp3) is 0.182. The van der Waals surface area contributed by atoms with Gasteiger partial charge in [0.15, 0.2) is 0 Å². The molecule has 9 heteroatoms. The zero-order valence-corrected chi connectivity index (χ0v) is 16.7. The predicted octanol–water partition coefficient (Wildman–Crippen LogP) is 3.76. The van der Waals surface area contributed by atoms with E-state index in [1.54, 1.807) is 29.4 Å². The van der Waals surface area contributed by atoms with Gasteiger partial charge >= 0.3 is 12.0 Å². The number of nitrogens with zero attached hydrogens (tertiary/aromatic N) is 4. The Balaban J connectivity index is 1.43. The van der Waals surface area contributed by atoms with E-state index in [-0.39, 0.29) is 11.8 Å². The standard InChI is InChI=1S/C22H19FN6O2/c1-31-21-24-10-15(11-25-21)20-17-8-14-6-7-29(12-13-2-4-16(23)5-3-13)22(30)26-18(14)9-19(17)27-28-20/h2-5,8-11H,6-7,12H2,1H3,(H,26,30)(H,27,28). The third-order valence-electron chi connectivity index (χ3n) is 5.34. The number of aromatic amines is 1. The van der Waals surface area contributed by atoms with Crippen LogP contribution >= 0.6 is 0 Å². The number of methoxy groups -OCH3 is 1. The zero-order chi connectivity index (χ0) is 21.4. The van der Waals surface area contributed by atoms with Gasteiger partial charge in [0.25, 0.3) is 0 Å². The van der Waals surface area contributed by atoms with Gasteiger partial charge < -0.3 is 15.0 Å². The van der Waals surface area contributed by atoms with Crippen molar-refractivity contribution in [1.82, 2.24) is 25.1 Å². The molecule has 5 rings (SSSR count). The van der Waals surface area contributed by atoms with Crippen LogP contribution in [0, 0.1) is 5.82 Å². The predicted molar refractivity (Wildman–Crippen MR) is 113 cm³/mol. The van der Waals surface area contributed by atoms with Crippen molar-refractivity contribution in [3.8, 4) is 17.3 Å². The molecule has 0 fully saturated rings. The van der Waals surface area contributed by atoms with Crippen molar-refractivity contribution in [3.05, 3.63) is 65.7 Å². The summed E-state index contributed by atoms with van der Waals surface area (Å²) in [6.45, 7) is 0.953. The van der Waals surface area contributed by atoms with Gasteiger partial charge in [-0.3, -0.25) is 5.10 Å². The van der Waals surface area contributed by atoms with E-state index in [9.17, 15) is 9.18 Å². The van der Waals surface area contributed by atoms with E-state index < -0.39 is 0 Å². The highest BCUT2D eigenvalue weighted by Gasteiger charge is 2.22. The Kier molecular flexibility index (Phi) is 4.70. The highest BCUT2D eigenvalue weighted by atomic mass is 19.1. The molecule has 0 saturated heterocycles. The van der Waals surface area contributed by atoms with Crippen molar-refractivity contribution >= 4 is 22.6 Å². The molecule has 2 N–H and O–H groups in total. The third kappa shape index (κ3) is 3.65. The molecule has 156 valence electrons. The lowest BCUT2D eigenvalue weighted by atomic mass is 10.0. The minimum atomic E-state index is -0.293. The molecule has 0 atom stereocenters. The minimum Gasteiger partial charge on any atom is -0.467 e. The van der Waals surface area contributed by atoms with E-state index in [1.165, 1.54) is 19.2 Å². The van der Waals surface area contributed by atoms with Crippen molar-refractivity contribution in [1.29, 1.82) is 0 Å². The first-order valence-electron chi connectivity index (χ1n) is 9.78. The molecule has 0 aliphatic carbocycles. The largest absolute Gasteiger partial charge is 0.467 e. The first-order valence-corrected chi connectivity index (χ1v) is 9.78. The summed E-state index contributed by atoms with van der Waals surface area (Å²) in [4.78, 5) is 22.8. The smallest absolute Gasteiger partial charge is 0.322 e. The molecule has 31 heavy (non-hydrogen) atoms. The number of aromatic nitrogens is 4. The van der Waals surface area contributed by atoms with Gasteiger partial charge in [-0.25, -0.2) is 19.2 Å². The first-order chi connectivity index (χ1) is 15.1. The van der Waals surface area contributed by atoms with Crippen LogP contribution in [0.25, 0.3) is 22.2 Å². The lowest BCUT2D eigenvalue weighted by Gasteiger charge is -2.20. The van der Waals surface area contributed by atoms with Gasteiger partial charge in [-0.2, -0.15) is 5.10 Å². The normalized spacial score (nSPS) is 13.6. The summed E-state index contributed by atoms with van der Waals surface area (Å²) >= 11 is 0. The maximum Gasteiger partial charge on any atom is 0.322 e. The summed E-state index contributed by atoms with van der Waals surface area (Å²) in [6.07, 6.45) is 4.01. The number of hydrogen-bond acceptors (Lipinski definition) is 5. The number of fused-ring (bicyclic) bond motifs is 2. The molecule has 2 aromatic heterocycles. The highest BCUT2D eigenvalue weighted by molar-refractivity contribution is 5.99. The average Bonchev–Trinajstić information content (AvgIpc) is 3.13. The summed E-state index contributed by atoms with van der Waals surface area (Å²) in [5.41, 5.74) is 4.94. The van der Waals surface area contributed by atoms with Crippen LogP contribution in [0.3, 0.4) is 0 Å². The Morgan fingerprint density at radius 1 is 1.16 bits per heavy atom. The molecule has 0 spiro atoms. The molecule has 0 radical (unpaired) electrons. The van der Waals surface area contributed by atoms with E-state index in [0.717, 1.165) is 39.0 Å². The Labute approximate surface area is 177 Å². The molecule has 4 aromatic rings. The monoisotopic (exact) mass is 418 g/mol. The Morgan fingerprint density at radius 3 is 2.68 bits per heavy atom. The number of ether oxygens (including phenoxy) is 1. The van der Waals surface area contributed by atoms with Crippen molar-refractivity contribution < 1.29 is 13.9 Å². The summed E-state index contributed by atoms with van der Waals surface area (Å²) < 4.78 is 18.2. The lowest BCUT2D eigenvalue weighted by Crippen LogP contribution is -2.34. The number of carbonyl (C=O) groups excluding carboxylic acids is 1. The number of halogens is 1. The van der Waals surface area contributed by atoms with E-state index in [0.29, 0.717) is 25.5 Å². The number of H-pyrrole nitrogens is 1. The Bertz CT molecular complexity index is 1250. The van der Waals surface area contributed by atoms with E-state index in [4.69, 9.17) is 4.74 Å². The number of hydrogen-bond donors (Lipinski definition) is 2. The zero-order valence-electron chi connectivity index (χ0n) is 16.7. The third-order valence-corrected chi connectivity index (χ3v) is 5.34. The average molecular weight is 418 g/mol. The molecule has 3 heterocycles. The molecule has 2 aromatic carbocycles. The fourth-order valence-electron chi connectivity index (χ4n) is 3.71. The van der Waals surface area contributed by atoms with Crippen LogP contribution in [-0.4, -0.2) is 44.8 Å². The van der Waals surface area contributed by atoms with Crippen LogP contribution in [-0.2, 0) is 13.0 Å². The number of urea groups is 1. The van der Waals surface area contributed by atoms with Crippen molar-refractivity contribution in [2.45, 2.75) is 13.0 Å². The van der Waals surface area contributed by atoms with Gasteiger partial charge in [-0.1, -0.05) is 12.1 Å². The molecule has 2 amide bonds. The van der Waals surface area contributed by atoms with Crippen LogP contribution in [0.5, 0.6) is 6.01 Å². The summed E-state index contributed by atoms with van der Waals surface area (Å²) in [5.74, 6) is -0.293. The van der Waals surface area contributed by atoms with Crippen molar-refractivity contribution in [3.63, 3.8) is 0 Å². The molecule has 0 bridgehead atoms. The van der Waals surface area contributed by atoms with Crippen LogP contribution < -0.4 is 10.1 Å². The SMILES string of the molecule is COc1ncc(-c2n[nH]c3cc4c(cc23)CCN(Cc2ccc(F)cc2)C(=O)N4)cn1. The van der Waals surface area contributed by atoms with Gasteiger partial charge in [0.2, 0.25) is 0 Å². The Hall–Kier alpha value is -4.01. The van der Waals surface area contributed by atoms with Gasteiger partial charge in [-0.15, -0.1) is 0 Å². The fourth-order valence-corrected chi connectivity index (χ4v) is 3.71. The molecule has 1 aliphatic rings. The number of anilines is 1. The van der Waals surface area contributed by atoms with E-state index in [1.807, 2.05) is 12.1 Å². The van der Waals surface area contributed by atoms with Crippen LogP contribution in [0.1, 0.15) is 11.1 Å². The number of carbonyl (C=O) groups is 1. The van der Waals surface area contributed by atoms with Gasteiger partial charge in [0.05, 0.1) is 12.6 Å². The number of amides is 2. The highest BCUT2D eigenvalue weighted by Crippen LogP contribution is 2.32. The second kappa shape index (κ2) is 7.67. The maximum atomic E-state index is 13.2. The second-order valence-electron chi connectivity index (χ2n) is 7.31. The maximum absolute atomic E-state index is 13.2. The summed E-state index contributed by atoms with van der Waals surface area (Å²) in [7, 11) is 1.52. The quantitative estimate of drug-likeness (QED) is 0.526. The first kappa shape index (κ1) is 19.0. The van der Waals surface area contributed by atoms with Gasteiger partial charge in [0, 0.05) is 42.1 Å². The van der Waals surface area contributed by atoms with E-state index in [2.05, 4.69) is 25.5 Å². The summed E-state index contributed by atoms with van der Waals surface area (Å²) in [6, 6.07) is 10.2. The summed E-state index contributed by atoms with van der Waals surface area (Å²) in [5, 5.41) is 11.3. The molecule has 0 saturated carbocycles. The van der Waals surface area contributed by atoms with Gasteiger partial charge in [0.1, 0.15) is 11.5 Å². The molecule has 0 unspecified atom stereocenters. The van der Waals surface area contributed by atoms with Crippen LogP contribution in [0.2, 0.25) is 0 Å². The minimum absolute atomic E-state index is 0.189. The topological polar surface area (TPSA) is 96.0 Å². The lowest BCUT2D eigenvalue weighted by molar-refractivity contribution is 0.211. The molecule has 1 aliphatic heterocycles. The molecular weight excluding hydrogens is 399 g/mol. The van der Waals surface area contributed by atoms with Crippen molar-refractivity contribution in [2.24, 2.45) is 0 Å². The van der Waals surface area contributed by atoms with Crippen LogP contribution in [0.15, 0.2) is 48.8 Å². The molecule has 8 nitrogen and oxygen atoms in total. The molecular formula is C22H19FN6O2. The second-order valence-corrected chi connectivity index (χ2v) is 7.31. The Morgan fingerprint density at radius 2 is 1.94 bits per heavy atom.